The Morgan fingerprint density at radius 3 is 2.46 bits per heavy atom. The maximum absolute atomic E-state index is 12.8. The number of fused-ring (bicyclic) bond motifs is 6. The number of aliphatic hydroxyl groups excluding tert-OH is 6. The normalized spacial score (nSPS) is 36.9. The highest BCUT2D eigenvalue weighted by molar-refractivity contribution is 8.76. The predicted molar refractivity (Wildman–Crippen MR) is 317 cm³/mol. The Hall–Kier alpha value is -4.88. The van der Waals surface area contributed by atoms with Crippen LogP contribution in [0.25, 0.3) is 0 Å². The first-order valence-electron chi connectivity index (χ1n) is 29.7. The third-order valence-corrected chi connectivity index (χ3v) is 23.2. The quantitative estimate of drug-likeness (QED) is 0.0456. The summed E-state index contributed by atoms with van der Waals surface area (Å²) in [5.74, 6) is 7.40. The molecule has 11 nitrogen and oxygen atoms in total. The molecule has 1 saturated heterocycles. The van der Waals surface area contributed by atoms with Crippen LogP contribution in [0.1, 0.15) is 104 Å². The van der Waals surface area contributed by atoms with Gasteiger partial charge < -0.3 is 56.5 Å². The first-order valence-corrected chi connectivity index (χ1v) is 32.2. The van der Waals surface area contributed by atoms with Crippen LogP contribution in [-0.2, 0) is 25.7 Å². The van der Waals surface area contributed by atoms with Gasteiger partial charge in [0.25, 0.3) is 0 Å². The molecule has 4 aromatic rings. The topological polar surface area (TPSA) is 205 Å². The van der Waals surface area contributed by atoms with Gasteiger partial charge in [0.05, 0.1) is 24.4 Å². The van der Waals surface area contributed by atoms with Crippen LogP contribution < -0.4 is 15.8 Å². The monoisotopic (exact) mass is 1120 g/mol. The highest BCUT2D eigenvalue weighted by Gasteiger charge is 2.64. The molecular weight excluding hydrogens is 1040 g/mol. The van der Waals surface area contributed by atoms with Gasteiger partial charge in [-0.25, -0.2) is 0 Å². The van der Waals surface area contributed by atoms with Crippen molar-refractivity contribution in [2.45, 2.75) is 126 Å². The first kappa shape index (κ1) is 55.6. The van der Waals surface area contributed by atoms with E-state index >= 15 is 0 Å². The lowest BCUT2D eigenvalue weighted by atomic mass is 9.39. The summed E-state index contributed by atoms with van der Waals surface area (Å²) in [5, 5.41) is 88.4. The molecule has 0 unspecified atom stereocenters. The number of nitrogens with one attached hydrogen (secondary N) is 2. The molecule has 13 heteroatoms. The Morgan fingerprint density at radius 1 is 0.863 bits per heavy atom. The molecule has 0 radical (unpaired) electrons. The molecular formula is C67H81N3O8S2. The van der Waals surface area contributed by atoms with E-state index < -0.39 is 59.1 Å². The van der Waals surface area contributed by atoms with E-state index in [1.165, 1.54) is 16.7 Å². The Bertz CT molecular complexity index is 3060. The van der Waals surface area contributed by atoms with Crippen LogP contribution in [0.5, 0.6) is 11.5 Å². The minimum Gasteiger partial charge on any atom is -0.504 e. The van der Waals surface area contributed by atoms with E-state index in [1.807, 2.05) is 24.4 Å². The largest absolute Gasteiger partial charge is 0.504 e. The van der Waals surface area contributed by atoms with E-state index in [-0.39, 0.29) is 72.6 Å². The summed E-state index contributed by atoms with van der Waals surface area (Å²) in [5.41, 5.74) is 15.7. The van der Waals surface area contributed by atoms with Crippen LogP contribution >= 0.6 is 21.6 Å². The SMILES string of the molecule is CC[C@H]1Cc2cc(O)c(O[C@H]3C[C@@H](Cc4ccc[nH]4)C4=CCNC(N)=C4CSSC[C@H](CO)[C@@H]3O)cc2[C@H]2C[C@@H](O)[C@@H]3[C@@H](C#C[C@]45C[C@H](c6ccccc6)[C@H]6Cc7ccccc7CCC[C@@]6(C=C[C@H]4[C@H](O)CC[C@@H]3O)[C@@H]5CO)C=C12. The molecule has 12 rings (SSSR count). The number of aliphatic hydroxyl groups is 6. The minimum atomic E-state index is -1.08. The molecule has 80 heavy (non-hydrogen) atoms. The minimum absolute atomic E-state index is 0.0309. The zero-order valence-electron chi connectivity index (χ0n) is 46.0. The molecule has 2 spiro atoms. The lowest BCUT2D eigenvalue weighted by Crippen LogP contribution is -2.61. The number of H-pyrrole nitrogens is 1. The van der Waals surface area contributed by atoms with Gasteiger partial charge in [0.1, 0.15) is 11.9 Å². The Morgan fingerprint density at radius 2 is 1.68 bits per heavy atom. The fraction of sp³-hybridized carbons (Fsp3) is 0.522. The van der Waals surface area contributed by atoms with E-state index in [1.54, 1.807) is 21.6 Å². The number of hydrogen-bond acceptors (Lipinski definition) is 12. The highest BCUT2D eigenvalue weighted by atomic mass is 33.1. The average Bonchev–Trinajstić information content (AvgIpc) is 3.70. The van der Waals surface area contributed by atoms with Crippen molar-refractivity contribution < 1.29 is 40.5 Å². The zero-order valence-corrected chi connectivity index (χ0v) is 47.6. The summed E-state index contributed by atoms with van der Waals surface area (Å²) >= 11 is 0. The van der Waals surface area contributed by atoms with Crippen LogP contribution in [0.4, 0.5) is 0 Å². The fourth-order valence-corrected chi connectivity index (χ4v) is 19.3. The number of allylic oxidation sites excluding steroid dienone is 4. The smallest absolute Gasteiger partial charge is 0.161 e. The number of aromatic amines is 1. The van der Waals surface area contributed by atoms with Gasteiger partial charge >= 0.3 is 0 Å². The zero-order chi connectivity index (χ0) is 55.3. The molecule has 6 aliphatic carbocycles. The molecule has 1 aromatic heterocycles. The molecule has 8 aliphatic rings. The summed E-state index contributed by atoms with van der Waals surface area (Å²) in [7, 11) is 3.25. The standard InChI is InChI=1S/C67H81N3O8S2/c1-2-39-26-44-30-58(75)60(78-61-31-45(27-47-15-9-24-69-47)48-20-25-70-65(68)53(48)38-80-79-37-46(35-71)64(61)77)33-50(44)51-32-59(76)63-43(28-49(39)51)18-22-67-34-52(41-11-4-3-5-12-41)55-29-42-13-7-6-10-40(42)14-8-21-66(55,62(67)36-72)23-19-54(67)56(73)16-17-57(63)74/h3-7,9-13,15,19-20,23-24,28,30,33,39,43,45-46,51-52,54-57,59,61-64,69-77H,2,8,14,16-17,21,25-27,29,31-32,34-38,68H2,1H3/t39-,43-,45+,46-,51-,52+,54-,55+,56+,57-,59+,61-,62-,63+,64-,66-,67-/m0/s1. The molecule has 3 aromatic carbocycles. The molecule has 2 aliphatic heterocycles. The van der Waals surface area contributed by atoms with Crippen molar-refractivity contribution in [3.8, 4) is 23.3 Å². The summed E-state index contributed by atoms with van der Waals surface area (Å²) in [6.07, 6.45) is 14.1. The Kier molecular flexibility index (Phi) is 16.3. The van der Waals surface area contributed by atoms with Gasteiger partial charge in [-0.2, -0.15) is 0 Å². The van der Waals surface area contributed by atoms with E-state index in [0.29, 0.717) is 62.4 Å². The van der Waals surface area contributed by atoms with Crippen molar-refractivity contribution in [1.82, 2.24) is 10.3 Å². The number of phenolic OH excluding ortho intramolecular Hbond substituents is 1. The average molecular weight is 1120 g/mol. The van der Waals surface area contributed by atoms with Crippen molar-refractivity contribution in [2.75, 3.05) is 31.3 Å². The maximum atomic E-state index is 12.8. The highest BCUT2D eigenvalue weighted by Crippen LogP contribution is 2.68. The van der Waals surface area contributed by atoms with E-state index in [2.05, 4.69) is 114 Å². The Balaban J connectivity index is 0.942. The third kappa shape index (κ3) is 10.2. The number of nitrogens with two attached hydrogens (primary N) is 1. The Labute approximate surface area is 480 Å². The lowest BCUT2D eigenvalue weighted by Gasteiger charge is -2.64. The number of rotatable bonds is 8. The molecule has 17 atom stereocenters. The van der Waals surface area contributed by atoms with Gasteiger partial charge in [-0.1, -0.05) is 125 Å². The predicted octanol–water partition coefficient (Wildman–Crippen LogP) is 9.04. The number of ether oxygens (including phenoxy) is 1. The maximum Gasteiger partial charge on any atom is 0.161 e. The van der Waals surface area contributed by atoms with Crippen LogP contribution in [0.3, 0.4) is 0 Å². The second-order valence-corrected chi connectivity index (χ2v) is 27.3. The number of hydrogen-bond donors (Lipinski definition) is 10. The molecule has 3 heterocycles. The van der Waals surface area contributed by atoms with Crippen molar-refractivity contribution in [1.29, 1.82) is 0 Å². The molecule has 0 amide bonds. The molecule has 11 N–H and O–H groups in total. The summed E-state index contributed by atoms with van der Waals surface area (Å²) in [6.45, 7) is 2.45. The van der Waals surface area contributed by atoms with Crippen molar-refractivity contribution in [3.05, 3.63) is 165 Å². The van der Waals surface area contributed by atoms with Gasteiger partial charge in [-0.3, -0.25) is 0 Å². The molecule has 2 bridgehead atoms. The van der Waals surface area contributed by atoms with Crippen LogP contribution in [0, 0.1) is 70.0 Å². The lowest BCUT2D eigenvalue weighted by molar-refractivity contribution is -0.115. The number of phenols is 1. The van der Waals surface area contributed by atoms with Crippen molar-refractivity contribution in [2.24, 2.45) is 63.9 Å². The molecule has 424 valence electrons. The first-order chi connectivity index (χ1) is 38.9. The van der Waals surface area contributed by atoms with Crippen LogP contribution in [0.15, 0.2) is 132 Å². The summed E-state index contributed by atoms with van der Waals surface area (Å²) in [4.78, 5) is 3.38. The second kappa shape index (κ2) is 23.4. The van der Waals surface area contributed by atoms with E-state index in [0.717, 1.165) is 65.6 Å². The number of aromatic hydroxyl groups is 1. The summed E-state index contributed by atoms with van der Waals surface area (Å²) in [6, 6.07) is 27.5. The third-order valence-electron chi connectivity index (χ3n) is 20.8. The number of aryl methyl sites for hydroxylation is 1. The second-order valence-electron chi connectivity index (χ2n) is 24.8. The number of dihydropyridines is 1. The summed E-state index contributed by atoms with van der Waals surface area (Å²) < 4.78 is 7.00. The van der Waals surface area contributed by atoms with Gasteiger partial charge in [-0.05, 0) is 164 Å². The van der Waals surface area contributed by atoms with Crippen LogP contribution in [0.2, 0.25) is 0 Å². The van der Waals surface area contributed by atoms with E-state index in [4.69, 9.17) is 10.5 Å². The fourth-order valence-electron chi connectivity index (χ4n) is 16.8. The molecule has 1 saturated carbocycles. The van der Waals surface area contributed by atoms with E-state index in [9.17, 15) is 35.7 Å². The van der Waals surface area contributed by atoms with Crippen LogP contribution in [-0.4, -0.2) is 103 Å². The van der Waals surface area contributed by atoms with Crippen molar-refractivity contribution >= 4 is 21.6 Å². The van der Waals surface area contributed by atoms with Gasteiger partial charge in [-0.15, -0.1) is 0 Å². The van der Waals surface area contributed by atoms with Gasteiger partial charge in [0.15, 0.2) is 11.5 Å². The molecule has 2 fully saturated rings. The number of aromatic nitrogens is 1. The van der Waals surface area contributed by atoms with Crippen molar-refractivity contribution in [3.63, 3.8) is 0 Å². The number of benzene rings is 3. The van der Waals surface area contributed by atoms with Gasteiger partial charge in [0, 0.05) is 89.7 Å². The van der Waals surface area contributed by atoms with Gasteiger partial charge in [0.2, 0.25) is 0 Å².